The number of anilines is 2. The zero-order valence-electron chi connectivity index (χ0n) is 9.33. The number of hydrogen-bond donors (Lipinski definition) is 2. The number of rotatable bonds is 2. The molecular formula is C11H9F2N3OS. The number of carbonyl (C=O) groups excluding carboxylic acids is 1. The molecule has 0 aliphatic rings. The lowest BCUT2D eigenvalue weighted by molar-refractivity contribution is 0.102. The van der Waals surface area contributed by atoms with Gasteiger partial charge in [-0.3, -0.25) is 4.79 Å². The first kappa shape index (κ1) is 12.4. The van der Waals surface area contributed by atoms with Crippen LogP contribution >= 0.6 is 11.5 Å². The number of aryl methyl sites for hydroxylation is 1. The Balaban J connectivity index is 2.24. The zero-order valence-corrected chi connectivity index (χ0v) is 10.1. The fourth-order valence-electron chi connectivity index (χ4n) is 1.43. The van der Waals surface area contributed by atoms with E-state index in [1.807, 2.05) is 0 Å². The average molecular weight is 269 g/mol. The van der Waals surface area contributed by atoms with Crippen LogP contribution in [0.25, 0.3) is 0 Å². The van der Waals surface area contributed by atoms with Crippen LogP contribution in [0.1, 0.15) is 16.1 Å². The maximum atomic E-state index is 13.0. The first-order valence-electron chi connectivity index (χ1n) is 4.97. The Kier molecular flexibility index (Phi) is 3.24. The van der Waals surface area contributed by atoms with Gasteiger partial charge in [-0.1, -0.05) is 0 Å². The molecule has 0 aliphatic carbocycles. The van der Waals surface area contributed by atoms with Gasteiger partial charge in [0.1, 0.15) is 5.00 Å². The largest absolute Gasteiger partial charge is 0.389 e. The van der Waals surface area contributed by atoms with Crippen LogP contribution in [0.5, 0.6) is 0 Å². The first-order chi connectivity index (χ1) is 8.49. The molecule has 0 unspecified atom stereocenters. The van der Waals surface area contributed by atoms with Crippen molar-refractivity contribution < 1.29 is 13.6 Å². The van der Waals surface area contributed by atoms with E-state index < -0.39 is 17.5 Å². The van der Waals surface area contributed by atoms with Crippen LogP contribution in [0.4, 0.5) is 19.5 Å². The van der Waals surface area contributed by atoms with Gasteiger partial charge < -0.3 is 11.1 Å². The molecule has 2 rings (SSSR count). The van der Waals surface area contributed by atoms with Crippen molar-refractivity contribution in [3.63, 3.8) is 0 Å². The second-order valence-corrected chi connectivity index (χ2v) is 4.40. The third-order valence-electron chi connectivity index (χ3n) is 2.29. The third-order valence-corrected chi connectivity index (χ3v) is 3.06. The minimum absolute atomic E-state index is 0.156. The summed E-state index contributed by atoms with van der Waals surface area (Å²) >= 11 is 1.01. The van der Waals surface area contributed by atoms with Gasteiger partial charge in [-0.25, -0.2) is 8.78 Å². The highest BCUT2D eigenvalue weighted by molar-refractivity contribution is 7.10. The summed E-state index contributed by atoms with van der Waals surface area (Å²) < 4.78 is 29.6. The SMILES string of the molecule is Cc1nsc(N)c1C(=O)Nc1ccc(F)c(F)c1. The molecule has 1 aromatic carbocycles. The highest BCUT2D eigenvalue weighted by Crippen LogP contribution is 2.22. The Morgan fingerprint density at radius 2 is 2.11 bits per heavy atom. The maximum absolute atomic E-state index is 13.0. The van der Waals surface area contributed by atoms with E-state index in [0.717, 1.165) is 23.7 Å². The van der Waals surface area contributed by atoms with Crippen LogP contribution < -0.4 is 11.1 Å². The lowest BCUT2D eigenvalue weighted by atomic mass is 10.2. The van der Waals surface area contributed by atoms with Gasteiger partial charge in [-0.15, -0.1) is 0 Å². The monoisotopic (exact) mass is 269 g/mol. The number of hydrogen-bond acceptors (Lipinski definition) is 4. The van der Waals surface area contributed by atoms with Crippen LogP contribution in [-0.4, -0.2) is 10.3 Å². The van der Waals surface area contributed by atoms with E-state index in [4.69, 9.17) is 5.73 Å². The average Bonchev–Trinajstić information content (AvgIpc) is 2.64. The normalized spacial score (nSPS) is 10.4. The van der Waals surface area contributed by atoms with Gasteiger partial charge in [0.05, 0.1) is 11.3 Å². The topological polar surface area (TPSA) is 68.0 Å². The second kappa shape index (κ2) is 4.69. The van der Waals surface area contributed by atoms with Crippen molar-refractivity contribution >= 4 is 28.1 Å². The molecule has 0 saturated carbocycles. The summed E-state index contributed by atoms with van der Waals surface area (Å²) in [6.45, 7) is 1.65. The fraction of sp³-hybridized carbons (Fsp3) is 0.0909. The predicted molar refractivity (Wildman–Crippen MR) is 65.6 cm³/mol. The van der Waals surface area contributed by atoms with E-state index in [2.05, 4.69) is 9.69 Å². The number of nitrogens with zero attached hydrogens (tertiary/aromatic N) is 1. The molecule has 0 bridgehead atoms. The molecule has 0 saturated heterocycles. The van der Waals surface area contributed by atoms with Crippen molar-refractivity contribution in [3.8, 4) is 0 Å². The number of aromatic nitrogens is 1. The van der Waals surface area contributed by atoms with Gasteiger partial charge in [0.15, 0.2) is 11.6 Å². The molecule has 0 atom stereocenters. The van der Waals surface area contributed by atoms with Gasteiger partial charge in [0, 0.05) is 11.8 Å². The number of amides is 1. The molecule has 3 N–H and O–H groups in total. The summed E-state index contributed by atoms with van der Waals surface area (Å²) in [6, 6.07) is 3.10. The smallest absolute Gasteiger partial charge is 0.260 e. The van der Waals surface area contributed by atoms with Crippen molar-refractivity contribution in [1.82, 2.24) is 4.37 Å². The van der Waals surface area contributed by atoms with Crippen LogP contribution in [0.3, 0.4) is 0 Å². The van der Waals surface area contributed by atoms with Gasteiger partial charge in [-0.2, -0.15) is 4.37 Å². The summed E-state index contributed by atoms with van der Waals surface area (Å²) in [5, 5.41) is 2.72. The van der Waals surface area contributed by atoms with E-state index in [0.29, 0.717) is 5.69 Å². The summed E-state index contributed by atoms with van der Waals surface area (Å²) in [5.41, 5.74) is 6.52. The molecule has 18 heavy (non-hydrogen) atoms. The highest BCUT2D eigenvalue weighted by atomic mass is 32.1. The highest BCUT2D eigenvalue weighted by Gasteiger charge is 2.17. The Hall–Kier alpha value is -2.02. The van der Waals surface area contributed by atoms with Crippen LogP contribution in [-0.2, 0) is 0 Å². The lowest BCUT2D eigenvalue weighted by Crippen LogP contribution is -2.14. The molecular weight excluding hydrogens is 260 g/mol. The summed E-state index contributed by atoms with van der Waals surface area (Å²) in [7, 11) is 0. The lowest BCUT2D eigenvalue weighted by Gasteiger charge is -2.05. The second-order valence-electron chi connectivity index (χ2n) is 3.59. The van der Waals surface area contributed by atoms with Crippen LogP contribution in [0, 0.1) is 18.6 Å². The van der Waals surface area contributed by atoms with E-state index in [-0.39, 0.29) is 16.3 Å². The van der Waals surface area contributed by atoms with Gasteiger partial charge >= 0.3 is 0 Å². The van der Waals surface area contributed by atoms with E-state index in [1.54, 1.807) is 6.92 Å². The summed E-state index contributed by atoms with van der Waals surface area (Å²) in [5.74, 6) is -2.49. The number of halogens is 2. The number of nitrogens with two attached hydrogens (primary N) is 1. The van der Waals surface area contributed by atoms with Gasteiger partial charge in [-0.05, 0) is 30.6 Å². The van der Waals surface area contributed by atoms with Crippen LogP contribution in [0.2, 0.25) is 0 Å². The minimum Gasteiger partial charge on any atom is -0.389 e. The van der Waals surface area contributed by atoms with Crippen LogP contribution in [0.15, 0.2) is 18.2 Å². The number of nitrogen functional groups attached to an aromatic ring is 1. The Morgan fingerprint density at radius 3 is 2.67 bits per heavy atom. The standard InChI is InChI=1S/C11H9F2N3OS/c1-5-9(10(14)18-16-5)11(17)15-6-2-3-7(12)8(13)4-6/h2-4H,14H2,1H3,(H,15,17). The number of nitrogens with one attached hydrogen (secondary N) is 1. The van der Waals surface area contributed by atoms with Crippen molar-refractivity contribution in [1.29, 1.82) is 0 Å². The Morgan fingerprint density at radius 1 is 1.39 bits per heavy atom. The molecule has 2 aromatic rings. The van der Waals surface area contributed by atoms with E-state index >= 15 is 0 Å². The molecule has 1 heterocycles. The number of carbonyl (C=O) groups is 1. The van der Waals surface area contributed by atoms with E-state index in [9.17, 15) is 13.6 Å². The molecule has 4 nitrogen and oxygen atoms in total. The molecule has 0 spiro atoms. The molecule has 0 fully saturated rings. The zero-order chi connectivity index (χ0) is 13.3. The molecule has 0 radical (unpaired) electrons. The van der Waals surface area contributed by atoms with E-state index in [1.165, 1.54) is 6.07 Å². The molecule has 1 aromatic heterocycles. The number of benzene rings is 1. The predicted octanol–water partition coefficient (Wildman–Crippen LogP) is 2.56. The van der Waals surface area contributed by atoms with Gasteiger partial charge in [0.2, 0.25) is 0 Å². The first-order valence-corrected chi connectivity index (χ1v) is 5.74. The fourth-order valence-corrected chi connectivity index (χ4v) is 2.09. The third kappa shape index (κ3) is 2.30. The molecule has 1 amide bonds. The van der Waals surface area contributed by atoms with Crippen molar-refractivity contribution in [3.05, 3.63) is 41.1 Å². The summed E-state index contributed by atoms with van der Waals surface area (Å²) in [6.07, 6.45) is 0. The van der Waals surface area contributed by atoms with Crippen molar-refractivity contribution in [2.24, 2.45) is 0 Å². The molecule has 7 heteroatoms. The Bertz CT molecular complexity index is 593. The van der Waals surface area contributed by atoms with Gasteiger partial charge in [0.25, 0.3) is 5.91 Å². The quantitative estimate of drug-likeness (QED) is 0.880. The minimum atomic E-state index is -1.03. The summed E-state index contributed by atoms with van der Waals surface area (Å²) in [4.78, 5) is 11.9. The Labute approximate surface area is 106 Å². The molecule has 0 aliphatic heterocycles. The maximum Gasteiger partial charge on any atom is 0.260 e. The molecule has 94 valence electrons. The van der Waals surface area contributed by atoms with Crippen molar-refractivity contribution in [2.45, 2.75) is 6.92 Å². The van der Waals surface area contributed by atoms with Crippen molar-refractivity contribution in [2.75, 3.05) is 11.1 Å².